The summed E-state index contributed by atoms with van der Waals surface area (Å²) >= 11 is 1.35. The van der Waals surface area contributed by atoms with Crippen molar-refractivity contribution in [2.45, 2.75) is 19.5 Å². The van der Waals surface area contributed by atoms with Crippen LogP contribution in [0.25, 0.3) is 0 Å². The standard InChI is InChI=1S/C21H20N2O2S/c1-15-7-5-8-16(13-15)14-22-21(25)19(17-9-3-2-4-10-17)23-20(24)18-11-6-12-26-18/h2-13,19H,14H2,1H3,(H,22,25)(H,23,24)/t19-/m0/s1. The van der Waals surface area contributed by atoms with Crippen LogP contribution in [0.1, 0.15) is 32.4 Å². The van der Waals surface area contributed by atoms with Gasteiger partial charge >= 0.3 is 0 Å². The number of nitrogens with one attached hydrogen (secondary N) is 2. The van der Waals surface area contributed by atoms with E-state index in [0.717, 1.165) is 16.7 Å². The molecule has 3 aromatic rings. The summed E-state index contributed by atoms with van der Waals surface area (Å²) < 4.78 is 0. The van der Waals surface area contributed by atoms with E-state index in [1.54, 1.807) is 6.07 Å². The zero-order valence-corrected chi connectivity index (χ0v) is 15.3. The average molecular weight is 364 g/mol. The fourth-order valence-electron chi connectivity index (χ4n) is 2.67. The van der Waals surface area contributed by atoms with Crippen LogP contribution in [-0.2, 0) is 11.3 Å². The van der Waals surface area contributed by atoms with Crippen LogP contribution in [0.4, 0.5) is 0 Å². The van der Waals surface area contributed by atoms with E-state index in [0.29, 0.717) is 11.4 Å². The molecule has 2 amide bonds. The highest BCUT2D eigenvalue weighted by molar-refractivity contribution is 7.12. The predicted molar refractivity (Wildman–Crippen MR) is 104 cm³/mol. The molecule has 0 saturated carbocycles. The van der Waals surface area contributed by atoms with E-state index in [2.05, 4.69) is 10.6 Å². The number of carbonyl (C=O) groups excluding carboxylic acids is 2. The Kier molecular flexibility index (Phi) is 5.81. The summed E-state index contributed by atoms with van der Waals surface area (Å²) in [4.78, 5) is 25.8. The predicted octanol–water partition coefficient (Wildman–Crippen LogP) is 3.84. The Morgan fingerprint density at radius 2 is 1.81 bits per heavy atom. The summed E-state index contributed by atoms with van der Waals surface area (Å²) in [5.41, 5.74) is 2.91. The fraction of sp³-hybridized carbons (Fsp3) is 0.143. The fourth-order valence-corrected chi connectivity index (χ4v) is 3.30. The van der Waals surface area contributed by atoms with E-state index in [1.807, 2.05) is 73.0 Å². The van der Waals surface area contributed by atoms with Gasteiger partial charge < -0.3 is 10.6 Å². The van der Waals surface area contributed by atoms with Gasteiger partial charge in [0, 0.05) is 6.54 Å². The Bertz CT molecular complexity index is 876. The van der Waals surface area contributed by atoms with Crippen molar-refractivity contribution >= 4 is 23.2 Å². The molecule has 0 unspecified atom stereocenters. The van der Waals surface area contributed by atoms with Gasteiger partial charge in [0.25, 0.3) is 5.91 Å². The van der Waals surface area contributed by atoms with Crippen molar-refractivity contribution in [3.8, 4) is 0 Å². The lowest BCUT2D eigenvalue weighted by atomic mass is 10.1. The normalized spacial score (nSPS) is 11.6. The summed E-state index contributed by atoms with van der Waals surface area (Å²) in [5.74, 6) is -0.484. The number of thiophene rings is 1. The Morgan fingerprint density at radius 3 is 2.50 bits per heavy atom. The minimum Gasteiger partial charge on any atom is -0.350 e. The van der Waals surface area contributed by atoms with Crippen LogP contribution in [0, 0.1) is 6.92 Å². The molecule has 0 bridgehead atoms. The molecule has 1 aromatic heterocycles. The van der Waals surface area contributed by atoms with Gasteiger partial charge in [-0.3, -0.25) is 9.59 Å². The maximum atomic E-state index is 12.8. The second-order valence-corrected chi connectivity index (χ2v) is 6.95. The molecule has 26 heavy (non-hydrogen) atoms. The molecule has 1 atom stereocenters. The first-order chi connectivity index (χ1) is 12.6. The Balaban J connectivity index is 1.74. The lowest BCUT2D eigenvalue weighted by Gasteiger charge is -2.19. The second-order valence-electron chi connectivity index (χ2n) is 6.00. The average Bonchev–Trinajstić information content (AvgIpc) is 3.20. The van der Waals surface area contributed by atoms with Gasteiger partial charge in [0.2, 0.25) is 5.91 Å². The Morgan fingerprint density at radius 1 is 1.00 bits per heavy atom. The lowest BCUT2D eigenvalue weighted by Crippen LogP contribution is -2.40. The third kappa shape index (κ3) is 4.58. The van der Waals surface area contributed by atoms with Crippen molar-refractivity contribution in [1.29, 1.82) is 0 Å². The number of hydrogen-bond donors (Lipinski definition) is 2. The van der Waals surface area contributed by atoms with Gasteiger partial charge in [-0.2, -0.15) is 0 Å². The van der Waals surface area contributed by atoms with Crippen molar-refractivity contribution in [2.24, 2.45) is 0 Å². The van der Waals surface area contributed by atoms with E-state index < -0.39 is 6.04 Å². The molecule has 5 heteroatoms. The number of carbonyl (C=O) groups is 2. The van der Waals surface area contributed by atoms with E-state index in [1.165, 1.54) is 11.3 Å². The first-order valence-corrected chi connectivity index (χ1v) is 9.24. The SMILES string of the molecule is Cc1cccc(CNC(=O)[C@@H](NC(=O)c2cccs2)c2ccccc2)c1. The van der Waals surface area contributed by atoms with Crippen LogP contribution in [0.3, 0.4) is 0 Å². The zero-order valence-electron chi connectivity index (χ0n) is 14.4. The molecule has 1 heterocycles. The molecular formula is C21H20N2O2S. The maximum absolute atomic E-state index is 12.8. The summed E-state index contributed by atoms with van der Waals surface area (Å²) in [6.07, 6.45) is 0. The van der Waals surface area contributed by atoms with Crippen molar-refractivity contribution in [2.75, 3.05) is 0 Å². The number of benzene rings is 2. The molecular weight excluding hydrogens is 344 g/mol. The molecule has 132 valence electrons. The number of amides is 2. The minimum atomic E-state index is -0.740. The van der Waals surface area contributed by atoms with Gasteiger partial charge in [-0.1, -0.05) is 66.2 Å². The first-order valence-electron chi connectivity index (χ1n) is 8.36. The van der Waals surface area contributed by atoms with Gasteiger partial charge in [-0.15, -0.1) is 11.3 Å². The number of rotatable bonds is 6. The molecule has 3 rings (SSSR count). The topological polar surface area (TPSA) is 58.2 Å². The molecule has 0 fully saturated rings. The Hall–Kier alpha value is -2.92. The van der Waals surface area contributed by atoms with E-state index in [9.17, 15) is 9.59 Å². The highest BCUT2D eigenvalue weighted by Gasteiger charge is 2.23. The molecule has 2 aromatic carbocycles. The molecule has 0 saturated heterocycles. The summed E-state index contributed by atoms with van der Waals surface area (Å²) in [7, 11) is 0. The van der Waals surface area contributed by atoms with Gasteiger partial charge in [0.05, 0.1) is 4.88 Å². The molecule has 0 aliphatic rings. The van der Waals surface area contributed by atoms with Crippen molar-refractivity contribution in [3.05, 3.63) is 93.7 Å². The van der Waals surface area contributed by atoms with Crippen LogP contribution in [0.5, 0.6) is 0 Å². The summed E-state index contributed by atoms with van der Waals surface area (Å²) in [6, 6.07) is 20.1. The van der Waals surface area contributed by atoms with Crippen molar-refractivity contribution in [1.82, 2.24) is 10.6 Å². The molecule has 0 spiro atoms. The molecule has 0 aliphatic carbocycles. The summed E-state index contributed by atoms with van der Waals surface area (Å²) in [6.45, 7) is 2.43. The monoisotopic (exact) mass is 364 g/mol. The Labute approximate surface area is 156 Å². The summed E-state index contributed by atoms with van der Waals surface area (Å²) in [5, 5.41) is 7.61. The van der Waals surface area contributed by atoms with Gasteiger partial charge in [-0.25, -0.2) is 0 Å². The van der Waals surface area contributed by atoms with Crippen LogP contribution >= 0.6 is 11.3 Å². The molecule has 0 aliphatic heterocycles. The highest BCUT2D eigenvalue weighted by Crippen LogP contribution is 2.16. The minimum absolute atomic E-state index is 0.234. The molecule has 4 nitrogen and oxygen atoms in total. The van der Waals surface area contributed by atoms with E-state index >= 15 is 0 Å². The van der Waals surface area contributed by atoms with E-state index in [-0.39, 0.29) is 11.8 Å². The van der Waals surface area contributed by atoms with Crippen LogP contribution in [0.2, 0.25) is 0 Å². The van der Waals surface area contributed by atoms with Gasteiger partial charge in [0.1, 0.15) is 6.04 Å². The zero-order chi connectivity index (χ0) is 18.4. The van der Waals surface area contributed by atoms with Crippen LogP contribution < -0.4 is 10.6 Å². The van der Waals surface area contributed by atoms with Crippen molar-refractivity contribution in [3.63, 3.8) is 0 Å². The van der Waals surface area contributed by atoms with Crippen LogP contribution in [0.15, 0.2) is 72.1 Å². The molecule has 2 N–H and O–H groups in total. The number of aryl methyl sites for hydroxylation is 1. The largest absolute Gasteiger partial charge is 0.350 e. The third-order valence-electron chi connectivity index (χ3n) is 3.96. The molecule has 0 radical (unpaired) electrons. The van der Waals surface area contributed by atoms with Crippen LogP contribution in [-0.4, -0.2) is 11.8 Å². The first kappa shape index (κ1) is 17.9. The maximum Gasteiger partial charge on any atom is 0.262 e. The van der Waals surface area contributed by atoms with Gasteiger partial charge in [-0.05, 0) is 29.5 Å². The number of hydrogen-bond acceptors (Lipinski definition) is 3. The second kappa shape index (κ2) is 8.45. The van der Waals surface area contributed by atoms with Crippen molar-refractivity contribution < 1.29 is 9.59 Å². The van der Waals surface area contributed by atoms with E-state index in [4.69, 9.17) is 0 Å². The smallest absolute Gasteiger partial charge is 0.262 e. The van der Waals surface area contributed by atoms with Gasteiger partial charge in [0.15, 0.2) is 0 Å². The highest BCUT2D eigenvalue weighted by atomic mass is 32.1. The lowest BCUT2D eigenvalue weighted by molar-refractivity contribution is -0.123. The quantitative estimate of drug-likeness (QED) is 0.698. The third-order valence-corrected chi connectivity index (χ3v) is 4.83.